The predicted molar refractivity (Wildman–Crippen MR) is 103 cm³/mol. The second-order valence-corrected chi connectivity index (χ2v) is 6.42. The molecule has 7 nitrogen and oxygen atoms in total. The molecule has 0 aromatic heterocycles. The molecular formula is C18H27ClN4O3. The lowest BCUT2D eigenvalue weighted by Gasteiger charge is -2.32. The highest BCUT2D eigenvalue weighted by molar-refractivity contribution is 6.30. The van der Waals surface area contributed by atoms with Crippen LogP contribution in [-0.4, -0.2) is 56.8 Å². The molecule has 0 saturated carbocycles. The molecule has 0 atom stereocenters. The highest BCUT2D eigenvalue weighted by atomic mass is 35.5. The van der Waals surface area contributed by atoms with Crippen molar-refractivity contribution in [3.63, 3.8) is 0 Å². The van der Waals surface area contributed by atoms with Crippen molar-refractivity contribution in [1.82, 2.24) is 15.5 Å². The third kappa shape index (κ3) is 5.69. The quantitative estimate of drug-likeness (QED) is 0.604. The number of likely N-dealkylation sites (tertiary alicyclic amines) is 1. The van der Waals surface area contributed by atoms with E-state index >= 15 is 0 Å². The third-order valence-electron chi connectivity index (χ3n) is 4.28. The van der Waals surface area contributed by atoms with E-state index in [9.17, 15) is 4.79 Å². The molecule has 1 saturated heterocycles. The van der Waals surface area contributed by atoms with Crippen molar-refractivity contribution in [3.05, 3.63) is 28.8 Å². The summed E-state index contributed by atoms with van der Waals surface area (Å²) in [7, 11) is 3.36. The number of piperidine rings is 1. The molecule has 1 heterocycles. The van der Waals surface area contributed by atoms with Gasteiger partial charge in [0.15, 0.2) is 5.96 Å². The number of halogens is 1. The molecule has 1 aliphatic heterocycles. The molecule has 1 aromatic carbocycles. The number of carbonyl (C=O) groups excluding carboxylic acids is 1. The lowest BCUT2D eigenvalue weighted by Crippen LogP contribution is -2.49. The molecule has 2 N–H and O–H groups in total. The highest BCUT2D eigenvalue weighted by Gasteiger charge is 2.24. The maximum Gasteiger partial charge on any atom is 0.409 e. The molecule has 0 aliphatic carbocycles. The van der Waals surface area contributed by atoms with Gasteiger partial charge in [-0.25, -0.2) is 4.79 Å². The minimum absolute atomic E-state index is 0.233. The smallest absolute Gasteiger partial charge is 0.409 e. The van der Waals surface area contributed by atoms with Gasteiger partial charge < -0.3 is 25.0 Å². The number of hydrogen-bond acceptors (Lipinski definition) is 4. The van der Waals surface area contributed by atoms with Gasteiger partial charge in [0.2, 0.25) is 0 Å². The van der Waals surface area contributed by atoms with Crippen molar-refractivity contribution in [3.8, 4) is 5.75 Å². The standard InChI is InChI=1S/C18H27ClN4O3/c1-4-26-18(24)23-9-7-15(8-10-23)22-17(20-2)21-12-13-5-6-14(19)11-16(13)25-3/h5-6,11,15H,4,7-10,12H2,1-3H3,(H2,20,21,22). The van der Waals surface area contributed by atoms with Crippen molar-refractivity contribution in [2.45, 2.75) is 32.4 Å². The molecule has 2 rings (SSSR count). The molecule has 0 unspecified atom stereocenters. The van der Waals surface area contributed by atoms with Crippen molar-refractivity contribution < 1.29 is 14.3 Å². The Morgan fingerprint density at radius 1 is 1.38 bits per heavy atom. The Balaban J connectivity index is 1.83. The number of aliphatic imine (C=N–C) groups is 1. The fourth-order valence-corrected chi connectivity index (χ4v) is 3.01. The summed E-state index contributed by atoms with van der Waals surface area (Å²) in [5.74, 6) is 1.46. The third-order valence-corrected chi connectivity index (χ3v) is 4.52. The van der Waals surface area contributed by atoms with Crippen LogP contribution in [0.1, 0.15) is 25.3 Å². The van der Waals surface area contributed by atoms with Crippen molar-refractivity contribution >= 4 is 23.7 Å². The number of amides is 1. The molecule has 0 radical (unpaired) electrons. The molecule has 0 bridgehead atoms. The van der Waals surface area contributed by atoms with Gasteiger partial charge in [0.1, 0.15) is 5.75 Å². The summed E-state index contributed by atoms with van der Waals surface area (Å²) in [4.78, 5) is 17.8. The largest absolute Gasteiger partial charge is 0.496 e. The van der Waals surface area contributed by atoms with E-state index in [-0.39, 0.29) is 12.1 Å². The number of nitrogens with zero attached hydrogens (tertiary/aromatic N) is 2. The van der Waals surface area contributed by atoms with Crippen LogP contribution in [0.25, 0.3) is 0 Å². The Morgan fingerprint density at radius 2 is 2.12 bits per heavy atom. The zero-order valence-electron chi connectivity index (χ0n) is 15.5. The highest BCUT2D eigenvalue weighted by Crippen LogP contribution is 2.22. The number of carbonyl (C=O) groups is 1. The van der Waals surface area contributed by atoms with Crippen LogP contribution >= 0.6 is 11.6 Å². The van der Waals surface area contributed by atoms with Gasteiger partial charge in [-0.3, -0.25) is 4.99 Å². The second-order valence-electron chi connectivity index (χ2n) is 5.99. The number of benzene rings is 1. The average Bonchev–Trinajstić information content (AvgIpc) is 2.66. The second kappa shape index (κ2) is 10.1. The first-order valence-electron chi connectivity index (χ1n) is 8.78. The van der Waals surface area contributed by atoms with Gasteiger partial charge in [-0.15, -0.1) is 0 Å². The van der Waals surface area contributed by atoms with Gasteiger partial charge >= 0.3 is 6.09 Å². The Morgan fingerprint density at radius 3 is 2.73 bits per heavy atom. The Kier molecular flexibility index (Phi) is 7.84. The molecule has 1 aliphatic rings. The van der Waals surface area contributed by atoms with Crippen molar-refractivity contribution in [1.29, 1.82) is 0 Å². The van der Waals surface area contributed by atoms with Gasteiger partial charge in [0, 0.05) is 43.3 Å². The van der Waals surface area contributed by atoms with E-state index < -0.39 is 0 Å². The minimum atomic E-state index is -0.233. The molecule has 8 heteroatoms. The predicted octanol–water partition coefficient (Wildman–Crippen LogP) is 2.63. The average molecular weight is 383 g/mol. The molecule has 0 spiro atoms. The van der Waals surface area contributed by atoms with Gasteiger partial charge in [-0.05, 0) is 31.9 Å². The maximum atomic E-state index is 11.8. The number of rotatable bonds is 5. The van der Waals surface area contributed by atoms with Crippen molar-refractivity contribution in [2.24, 2.45) is 4.99 Å². The Labute approximate surface area is 159 Å². The molecule has 1 aromatic rings. The summed E-state index contributed by atoms with van der Waals surface area (Å²) in [6.07, 6.45) is 1.47. The van der Waals surface area contributed by atoms with E-state index in [1.54, 1.807) is 25.1 Å². The van der Waals surface area contributed by atoms with E-state index in [1.807, 2.05) is 19.1 Å². The van der Waals surface area contributed by atoms with Gasteiger partial charge in [0.25, 0.3) is 0 Å². The summed E-state index contributed by atoms with van der Waals surface area (Å²) in [6.45, 7) is 4.15. The summed E-state index contributed by atoms with van der Waals surface area (Å²) in [6, 6.07) is 5.82. The van der Waals surface area contributed by atoms with Crippen LogP contribution in [0, 0.1) is 0 Å². The van der Waals surface area contributed by atoms with E-state index in [1.165, 1.54) is 0 Å². The van der Waals surface area contributed by atoms with Crippen LogP contribution in [0.5, 0.6) is 5.75 Å². The van der Waals surface area contributed by atoms with E-state index in [4.69, 9.17) is 21.1 Å². The van der Waals surface area contributed by atoms with Crippen LogP contribution in [0.3, 0.4) is 0 Å². The monoisotopic (exact) mass is 382 g/mol. The first-order chi connectivity index (χ1) is 12.6. The lowest BCUT2D eigenvalue weighted by molar-refractivity contribution is 0.0963. The van der Waals surface area contributed by atoms with Gasteiger partial charge in [-0.1, -0.05) is 17.7 Å². The SMILES string of the molecule is CCOC(=O)N1CCC(NC(=NC)NCc2ccc(Cl)cc2OC)CC1. The molecule has 26 heavy (non-hydrogen) atoms. The van der Waals surface area contributed by atoms with Crippen LogP contribution in [0.2, 0.25) is 5.02 Å². The zero-order valence-corrected chi connectivity index (χ0v) is 16.3. The topological polar surface area (TPSA) is 75.2 Å². The summed E-state index contributed by atoms with van der Waals surface area (Å²) in [5.41, 5.74) is 0.997. The lowest BCUT2D eigenvalue weighted by atomic mass is 10.1. The van der Waals surface area contributed by atoms with Crippen LogP contribution in [0.15, 0.2) is 23.2 Å². The summed E-state index contributed by atoms with van der Waals surface area (Å²) >= 11 is 5.99. The van der Waals surface area contributed by atoms with Gasteiger partial charge in [0.05, 0.1) is 13.7 Å². The molecule has 1 fully saturated rings. The van der Waals surface area contributed by atoms with Crippen LogP contribution in [0.4, 0.5) is 4.79 Å². The van der Waals surface area contributed by atoms with Crippen molar-refractivity contribution in [2.75, 3.05) is 33.9 Å². The van der Waals surface area contributed by atoms with E-state index in [0.29, 0.717) is 31.3 Å². The fraction of sp³-hybridized carbons (Fsp3) is 0.556. The molecule has 1 amide bonds. The maximum absolute atomic E-state index is 11.8. The first kappa shape index (κ1) is 20.2. The number of methoxy groups -OCH3 is 1. The number of ether oxygens (including phenoxy) is 2. The Hall–Kier alpha value is -2.15. The van der Waals surface area contributed by atoms with E-state index in [0.717, 1.165) is 30.1 Å². The number of guanidine groups is 1. The fourth-order valence-electron chi connectivity index (χ4n) is 2.85. The normalized spacial score (nSPS) is 15.5. The first-order valence-corrected chi connectivity index (χ1v) is 9.16. The zero-order chi connectivity index (χ0) is 18.9. The summed E-state index contributed by atoms with van der Waals surface area (Å²) in [5, 5.41) is 7.34. The Bertz CT molecular complexity index is 631. The van der Waals surface area contributed by atoms with Crippen LogP contribution < -0.4 is 15.4 Å². The molecule has 144 valence electrons. The number of hydrogen-bond donors (Lipinski definition) is 2. The molecular weight excluding hydrogens is 356 g/mol. The van der Waals surface area contributed by atoms with E-state index in [2.05, 4.69) is 15.6 Å². The number of nitrogens with one attached hydrogen (secondary N) is 2. The van der Waals surface area contributed by atoms with Gasteiger partial charge in [-0.2, -0.15) is 0 Å². The van der Waals surface area contributed by atoms with Crippen LogP contribution in [-0.2, 0) is 11.3 Å². The minimum Gasteiger partial charge on any atom is -0.496 e. The summed E-state index contributed by atoms with van der Waals surface area (Å²) < 4.78 is 10.4.